The highest BCUT2D eigenvalue weighted by Gasteiger charge is 2.30. The molecule has 4 heteroatoms. The molecule has 0 aromatic rings. The van der Waals surface area contributed by atoms with E-state index < -0.39 is 0 Å². The van der Waals surface area contributed by atoms with Gasteiger partial charge < -0.3 is 10.6 Å². The van der Waals surface area contributed by atoms with Crippen molar-refractivity contribution < 1.29 is 4.79 Å². The molecule has 2 N–H and O–H groups in total. The Morgan fingerprint density at radius 3 is 2.50 bits per heavy atom. The van der Waals surface area contributed by atoms with Gasteiger partial charge in [0.05, 0.1) is 6.04 Å². The van der Waals surface area contributed by atoms with Crippen LogP contribution in [0.25, 0.3) is 0 Å². The molecule has 0 aromatic carbocycles. The van der Waals surface area contributed by atoms with Crippen LogP contribution in [0.5, 0.6) is 0 Å². The molecule has 2 fully saturated rings. The number of likely N-dealkylation sites (tertiary alicyclic amines) is 2. The van der Waals surface area contributed by atoms with Crippen LogP contribution < -0.4 is 5.73 Å². The first-order valence-corrected chi connectivity index (χ1v) is 6.47. The van der Waals surface area contributed by atoms with Crippen molar-refractivity contribution in [3.8, 4) is 0 Å². The lowest BCUT2D eigenvalue weighted by molar-refractivity contribution is -0.136. The van der Waals surface area contributed by atoms with Crippen molar-refractivity contribution in [2.24, 2.45) is 5.73 Å². The minimum atomic E-state index is 0.0200. The molecule has 1 amide bonds. The number of nitrogens with two attached hydrogens (primary N) is 1. The van der Waals surface area contributed by atoms with Gasteiger partial charge in [-0.05, 0) is 32.6 Å². The Hall–Kier alpha value is -0.610. The van der Waals surface area contributed by atoms with Gasteiger partial charge in [-0.15, -0.1) is 0 Å². The van der Waals surface area contributed by atoms with Gasteiger partial charge in [-0.2, -0.15) is 0 Å². The van der Waals surface area contributed by atoms with E-state index in [0.29, 0.717) is 5.91 Å². The fraction of sp³-hybridized carbons (Fsp3) is 0.917. The third kappa shape index (κ3) is 2.55. The van der Waals surface area contributed by atoms with Gasteiger partial charge in [-0.3, -0.25) is 9.69 Å². The van der Waals surface area contributed by atoms with Gasteiger partial charge in [-0.1, -0.05) is 0 Å². The fourth-order valence-electron chi connectivity index (χ4n) is 2.70. The van der Waals surface area contributed by atoms with Crippen LogP contribution in [0.1, 0.15) is 32.6 Å². The second kappa shape index (κ2) is 5.15. The smallest absolute Gasteiger partial charge is 0.239 e. The summed E-state index contributed by atoms with van der Waals surface area (Å²) in [5.74, 6) is 0.300. The molecule has 0 aliphatic carbocycles. The molecule has 0 aromatic heterocycles. The SMILES string of the molecule is CC(C(=O)N1CCCCC1)N1CC[C@@H](N)C1. The van der Waals surface area contributed by atoms with E-state index in [-0.39, 0.29) is 12.1 Å². The van der Waals surface area contributed by atoms with Crippen molar-refractivity contribution >= 4 is 5.91 Å². The highest BCUT2D eigenvalue weighted by Crippen LogP contribution is 2.16. The van der Waals surface area contributed by atoms with E-state index in [1.165, 1.54) is 6.42 Å². The van der Waals surface area contributed by atoms with Crippen molar-refractivity contribution in [2.75, 3.05) is 26.2 Å². The van der Waals surface area contributed by atoms with Crippen molar-refractivity contribution in [1.82, 2.24) is 9.80 Å². The number of nitrogens with zero attached hydrogens (tertiary/aromatic N) is 2. The van der Waals surface area contributed by atoms with E-state index in [1.807, 2.05) is 11.8 Å². The predicted octanol–water partition coefficient (Wildman–Crippen LogP) is 0.420. The lowest BCUT2D eigenvalue weighted by atomic mass is 10.1. The normalized spacial score (nSPS) is 29.4. The van der Waals surface area contributed by atoms with E-state index in [9.17, 15) is 4.79 Å². The maximum Gasteiger partial charge on any atom is 0.239 e. The lowest BCUT2D eigenvalue weighted by Crippen LogP contribution is -2.48. The quantitative estimate of drug-likeness (QED) is 0.741. The average Bonchev–Trinajstić information content (AvgIpc) is 2.75. The van der Waals surface area contributed by atoms with Crippen LogP contribution in [-0.4, -0.2) is 54.0 Å². The Morgan fingerprint density at radius 2 is 1.94 bits per heavy atom. The molecule has 2 rings (SSSR count). The average molecular weight is 225 g/mol. The van der Waals surface area contributed by atoms with Gasteiger partial charge in [0.25, 0.3) is 0 Å². The van der Waals surface area contributed by atoms with E-state index in [0.717, 1.165) is 45.4 Å². The molecule has 2 aliphatic rings. The van der Waals surface area contributed by atoms with Crippen LogP contribution in [0.3, 0.4) is 0 Å². The van der Waals surface area contributed by atoms with Crippen molar-refractivity contribution in [3.63, 3.8) is 0 Å². The van der Waals surface area contributed by atoms with Crippen molar-refractivity contribution in [3.05, 3.63) is 0 Å². The Kier molecular flexibility index (Phi) is 3.82. The van der Waals surface area contributed by atoms with Crippen LogP contribution in [0.4, 0.5) is 0 Å². The van der Waals surface area contributed by atoms with E-state index >= 15 is 0 Å². The molecule has 0 radical (unpaired) electrons. The van der Waals surface area contributed by atoms with Gasteiger partial charge in [0, 0.05) is 32.2 Å². The summed E-state index contributed by atoms with van der Waals surface area (Å²) in [5, 5.41) is 0. The number of hydrogen-bond donors (Lipinski definition) is 1. The van der Waals surface area contributed by atoms with Crippen LogP contribution in [0.2, 0.25) is 0 Å². The Morgan fingerprint density at radius 1 is 1.25 bits per heavy atom. The maximum atomic E-state index is 12.2. The zero-order valence-electron chi connectivity index (χ0n) is 10.2. The number of rotatable bonds is 2. The van der Waals surface area contributed by atoms with E-state index in [1.54, 1.807) is 0 Å². The zero-order chi connectivity index (χ0) is 11.5. The fourth-order valence-corrected chi connectivity index (χ4v) is 2.70. The van der Waals surface area contributed by atoms with Gasteiger partial charge in [-0.25, -0.2) is 0 Å². The highest BCUT2D eigenvalue weighted by molar-refractivity contribution is 5.81. The standard InChI is InChI=1S/C12H23N3O/c1-10(15-8-5-11(13)9-15)12(16)14-6-3-2-4-7-14/h10-11H,2-9,13H2,1H3/t10?,11-/m1/s1. The summed E-state index contributed by atoms with van der Waals surface area (Å²) < 4.78 is 0. The Balaban J connectivity index is 1.88. The summed E-state index contributed by atoms with van der Waals surface area (Å²) in [6.45, 7) is 5.77. The molecular weight excluding hydrogens is 202 g/mol. The number of amides is 1. The van der Waals surface area contributed by atoms with Gasteiger partial charge >= 0.3 is 0 Å². The number of hydrogen-bond acceptors (Lipinski definition) is 3. The van der Waals surface area contributed by atoms with E-state index in [4.69, 9.17) is 5.73 Å². The Labute approximate surface area is 97.8 Å². The molecule has 2 atom stereocenters. The predicted molar refractivity (Wildman–Crippen MR) is 64.1 cm³/mol. The highest BCUT2D eigenvalue weighted by atomic mass is 16.2. The monoisotopic (exact) mass is 225 g/mol. The van der Waals surface area contributed by atoms with Gasteiger partial charge in [0.1, 0.15) is 0 Å². The second-order valence-electron chi connectivity index (χ2n) is 5.11. The molecule has 2 aliphatic heterocycles. The molecule has 0 spiro atoms. The van der Waals surface area contributed by atoms with Crippen molar-refractivity contribution in [1.29, 1.82) is 0 Å². The third-order valence-corrected chi connectivity index (χ3v) is 3.83. The van der Waals surface area contributed by atoms with Gasteiger partial charge in [0.2, 0.25) is 5.91 Å². The van der Waals surface area contributed by atoms with Crippen LogP contribution in [0.15, 0.2) is 0 Å². The molecule has 1 unspecified atom stereocenters. The topological polar surface area (TPSA) is 49.6 Å². The van der Waals surface area contributed by atoms with Crippen molar-refractivity contribution in [2.45, 2.75) is 44.7 Å². The molecule has 2 saturated heterocycles. The first kappa shape index (κ1) is 11.9. The first-order chi connectivity index (χ1) is 7.68. The Bertz CT molecular complexity index is 251. The number of carbonyl (C=O) groups is 1. The zero-order valence-corrected chi connectivity index (χ0v) is 10.2. The summed E-state index contributed by atoms with van der Waals surface area (Å²) >= 11 is 0. The second-order valence-corrected chi connectivity index (χ2v) is 5.11. The maximum absolute atomic E-state index is 12.2. The molecule has 0 bridgehead atoms. The molecule has 16 heavy (non-hydrogen) atoms. The molecule has 92 valence electrons. The third-order valence-electron chi connectivity index (χ3n) is 3.83. The first-order valence-electron chi connectivity index (χ1n) is 6.47. The number of piperidine rings is 1. The summed E-state index contributed by atoms with van der Waals surface area (Å²) in [5.41, 5.74) is 5.87. The summed E-state index contributed by atoms with van der Waals surface area (Å²) in [7, 11) is 0. The van der Waals surface area contributed by atoms with E-state index in [2.05, 4.69) is 4.90 Å². The summed E-state index contributed by atoms with van der Waals surface area (Å²) in [4.78, 5) is 16.5. The molecular formula is C12H23N3O. The molecule has 2 heterocycles. The molecule has 4 nitrogen and oxygen atoms in total. The summed E-state index contributed by atoms with van der Waals surface area (Å²) in [6.07, 6.45) is 4.63. The molecule has 0 saturated carbocycles. The number of carbonyl (C=O) groups excluding carboxylic acids is 1. The van der Waals surface area contributed by atoms with Crippen LogP contribution in [-0.2, 0) is 4.79 Å². The minimum Gasteiger partial charge on any atom is -0.341 e. The van der Waals surface area contributed by atoms with Gasteiger partial charge in [0.15, 0.2) is 0 Å². The summed E-state index contributed by atoms with van der Waals surface area (Å²) in [6, 6.07) is 0.281. The lowest BCUT2D eigenvalue weighted by Gasteiger charge is -2.32. The van der Waals surface area contributed by atoms with Crippen LogP contribution in [0, 0.1) is 0 Å². The minimum absolute atomic E-state index is 0.0200. The largest absolute Gasteiger partial charge is 0.341 e. The van der Waals surface area contributed by atoms with Crippen LogP contribution >= 0.6 is 0 Å².